The molecule has 0 aromatic carbocycles. The van der Waals surface area contributed by atoms with Gasteiger partial charge in [0, 0.05) is 12.8 Å². The third-order valence-corrected chi connectivity index (χ3v) is 9.39. The quantitative estimate of drug-likeness (QED) is 0.0235. The average molecular weight is 808 g/mol. The largest absolute Gasteiger partial charge is 0.480 e. The third kappa shape index (κ3) is 37.8. The minimum Gasteiger partial charge on any atom is -0.480 e. The molecule has 0 rings (SSSR count). The SMILES string of the molecule is CC/C=C\C/C=C\C/C=C\C/C=C\C/C=C\CCCCCC(=O)OC(COC(=O)CCCCCCC/C=C\CCCCCC)COP(=O)(O)OCC(N)C(=O)O. The number of esters is 2. The summed E-state index contributed by atoms with van der Waals surface area (Å²) in [6, 6.07) is -1.53. The molecule has 3 atom stereocenters. The summed E-state index contributed by atoms with van der Waals surface area (Å²) in [6.07, 6.45) is 45.4. The highest BCUT2D eigenvalue weighted by atomic mass is 31.2. The first-order valence-corrected chi connectivity index (χ1v) is 22.5. The fraction of sp³-hybridized carbons (Fsp3) is 0.659. The summed E-state index contributed by atoms with van der Waals surface area (Å²) in [7, 11) is -4.73. The van der Waals surface area contributed by atoms with Gasteiger partial charge in [-0.2, -0.15) is 0 Å². The first-order chi connectivity index (χ1) is 27.1. The molecule has 0 aromatic rings. The van der Waals surface area contributed by atoms with Crippen LogP contribution in [0.15, 0.2) is 72.9 Å². The molecule has 4 N–H and O–H groups in total. The molecule has 0 aliphatic rings. The molecule has 0 aromatic heterocycles. The van der Waals surface area contributed by atoms with Crippen molar-refractivity contribution in [3.8, 4) is 0 Å². The predicted octanol–water partition coefficient (Wildman–Crippen LogP) is 10.9. The van der Waals surface area contributed by atoms with Gasteiger partial charge in [-0.15, -0.1) is 0 Å². The van der Waals surface area contributed by atoms with Crippen molar-refractivity contribution in [3.05, 3.63) is 72.9 Å². The van der Waals surface area contributed by atoms with E-state index in [1.165, 1.54) is 25.7 Å². The molecule has 0 heterocycles. The Balaban J connectivity index is 4.48. The Kier molecular flexibility index (Phi) is 36.6. The summed E-state index contributed by atoms with van der Waals surface area (Å²) in [6.45, 7) is 2.61. The number of phosphoric acid groups is 1. The lowest BCUT2D eigenvalue weighted by atomic mass is 10.1. The number of hydrogen-bond donors (Lipinski definition) is 3. The number of unbranched alkanes of at least 4 members (excludes halogenated alkanes) is 12. The first-order valence-electron chi connectivity index (χ1n) is 21.0. The van der Waals surface area contributed by atoms with Crippen LogP contribution in [-0.4, -0.2) is 59.9 Å². The molecule has 0 saturated carbocycles. The molecule has 0 saturated heterocycles. The van der Waals surface area contributed by atoms with Crippen LogP contribution in [0.2, 0.25) is 0 Å². The molecule has 0 aliphatic carbocycles. The van der Waals surface area contributed by atoms with Crippen molar-refractivity contribution in [1.82, 2.24) is 0 Å². The minimum absolute atomic E-state index is 0.117. The number of carboxylic acid groups (broad SMARTS) is 1. The average Bonchev–Trinajstić information content (AvgIpc) is 3.17. The standard InChI is InChI=1S/C44H74NO10P/c1-3-5-7-9-11-13-15-17-18-19-20-21-22-24-26-28-30-32-34-36-43(47)55-40(38-53-56(50,51)54-39-41(45)44(48)49)37-52-42(46)35-33-31-29-27-25-23-16-14-12-10-8-6-4-2/h5,7,11,13-14,16-18,20-21,24,26,40-41H,3-4,6,8-10,12,15,19,22-23,25,27-39,45H2,1-2H3,(H,48,49)(H,50,51)/b7-5-,13-11-,16-14-,18-17-,21-20-,26-24-. The van der Waals surface area contributed by atoms with Crippen molar-refractivity contribution in [2.75, 3.05) is 19.8 Å². The van der Waals surface area contributed by atoms with Crippen molar-refractivity contribution in [2.45, 2.75) is 167 Å². The Labute approximate surface area is 338 Å². The lowest BCUT2D eigenvalue weighted by Gasteiger charge is -2.20. The van der Waals surface area contributed by atoms with Gasteiger partial charge >= 0.3 is 25.7 Å². The summed E-state index contributed by atoms with van der Waals surface area (Å²) in [4.78, 5) is 45.9. The Morgan fingerprint density at radius 2 is 1.00 bits per heavy atom. The highest BCUT2D eigenvalue weighted by Crippen LogP contribution is 2.43. The van der Waals surface area contributed by atoms with E-state index in [0.29, 0.717) is 12.8 Å². The zero-order valence-corrected chi connectivity index (χ0v) is 35.3. The predicted molar refractivity (Wildman–Crippen MR) is 226 cm³/mol. The van der Waals surface area contributed by atoms with E-state index in [-0.39, 0.29) is 19.4 Å². The highest BCUT2D eigenvalue weighted by Gasteiger charge is 2.28. The molecule has 11 nitrogen and oxygen atoms in total. The Morgan fingerprint density at radius 1 is 0.571 bits per heavy atom. The number of allylic oxidation sites excluding steroid dienone is 12. The molecule has 0 fully saturated rings. The first kappa shape index (κ1) is 52.9. The van der Waals surface area contributed by atoms with Crippen LogP contribution in [0.4, 0.5) is 0 Å². The number of hydrogen-bond acceptors (Lipinski definition) is 9. The van der Waals surface area contributed by atoms with Gasteiger partial charge in [0.05, 0.1) is 13.2 Å². The van der Waals surface area contributed by atoms with E-state index >= 15 is 0 Å². The molecule has 0 radical (unpaired) electrons. The van der Waals surface area contributed by atoms with Crippen molar-refractivity contribution in [1.29, 1.82) is 0 Å². The van der Waals surface area contributed by atoms with Gasteiger partial charge in [0.25, 0.3) is 0 Å². The van der Waals surface area contributed by atoms with Gasteiger partial charge in [-0.25, -0.2) is 4.57 Å². The second kappa shape index (κ2) is 38.8. The van der Waals surface area contributed by atoms with Gasteiger partial charge in [-0.1, -0.05) is 132 Å². The zero-order valence-electron chi connectivity index (χ0n) is 34.4. The molecule has 12 heteroatoms. The van der Waals surface area contributed by atoms with Gasteiger partial charge in [-0.3, -0.25) is 23.4 Å². The Bertz CT molecular complexity index is 1230. The van der Waals surface area contributed by atoms with E-state index in [2.05, 4.69) is 91.3 Å². The smallest absolute Gasteiger partial charge is 0.472 e. The fourth-order valence-corrected chi connectivity index (χ4v) is 5.92. The molecule has 0 amide bonds. The van der Waals surface area contributed by atoms with Crippen LogP contribution in [-0.2, 0) is 37.5 Å². The van der Waals surface area contributed by atoms with Gasteiger partial charge < -0.3 is 25.2 Å². The molecule has 320 valence electrons. The van der Waals surface area contributed by atoms with Crippen LogP contribution >= 0.6 is 7.82 Å². The summed E-state index contributed by atoms with van der Waals surface area (Å²) in [5.74, 6) is -2.44. The van der Waals surface area contributed by atoms with Crippen molar-refractivity contribution >= 4 is 25.7 Å². The molecule has 56 heavy (non-hydrogen) atoms. The second-order valence-electron chi connectivity index (χ2n) is 13.7. The third-order valence-electron chi connectivity index (χ3n) is 8.44. The number of rotatable bonds is 38. The van der Waals surface area contributed by atoms with Crippen molar-refractivity contribution in [3.63, 3.8) is 0 Å². The van der Waals surface area contributed by atoms with Gasteiger partial charge in [0.2, 0.25) is 0 Å². The number of carbonyl (C=O) groups is 3. The van der Waals surface area contributed by atoms with Crippen LogP contribution < -0.4 is 5.73 Å². The van der Waals surface area contributed by atoms with Crippen LogP contribution in [0.5, 0.6) is 0 Å². The van der Waals surface area contributed by atoms with Gasteiger partial charge in [0.1, 0.15) is 12.6 Å². The van der Waals surface area contributed by atoms with Crippen LogP contribution in [0.3, 0.4) is 0 Å². The van der Waals surface area contributed by atoms with Crippen LogP contribution in [0, 0.1) is 0 Å². The monoisotopic (exact) mass is 808 g/mol. The number of ether oxygens (including phenoxy) is 2. The maximum atomic E-state index is 12.6. The van der Waals surface area contributed by atoms with Gasteiger partial charge in [-0.05, 0) is 83.5 Å². The lowest BCUT2D eigenvalue weighted by Crippen LogP contribution is -2.34. The number of carboxylic acids is 1. The summed E-state index contributed by atoms with van der Waals surface area (Å²) >= 11 is 0. The lowest BCUT2D eigenvalue weighted by molar-refractivity contribution is -0.161. The van der Waals surface area contributed by atoms with Crippen molar-refractivity contribution < 1.29 is 47.5 Å². The van der Waals surface area contributed by atoms with E-state index in [4.69, 9.17) is 24.8 Å². The number of phosphoric ester groups is 1. The topological polar surface area (TPSA) is 172 Å². The number of aliphatic carboxylic acids is 1. The minimum atomic E-state index is -4.73. The van der Waals surface area contributed by atoms with E-state index in [0.717, 1.165) is 89.9 Å². The maximum Gasteiger partial charge on any atom is 0.472 e. The van der Waals surface area contributed by atoms with E-state index < -0.39 is 51.1 Å². The summed E-state index contributed by atoms with van der Waals surface area (Å²) in [5, 5.41) is 8.88. The molecule has 3 unspecified atom stereocenters. The molecule has 0 bridgehead atoms. The van der Waals surface area contributed by atoms with E-state index in [1.807, 2.05) is 0 Å². The summed E-state index contributed by atoms with van der Waals surface area (Å²) < 4.78 is 32.6. The van der Waals surface area contributed by atoms with Crippen LogP contribution in [0.25, 0.3) is 0 Å². The van der Waals surface area contributed by atoms with E-state index in [1.54, 1.807) is 0 Å². The van der Waals surface area contributed by atoms with Crippen molar-refractivity contribution in [2.24, 2.45) is 5.73 Å². The number of carbonyl (C=O) groups excluding carboxylic acids is 2. The summed E-state index contributed by atoms with van der Waals surface area (Å²) in [5.41, 5.74) is 5.32. The molecule has 0 spiro atoms. The van der Waals surface area contributed by atoms with Gasteiger partial charge in [0.15, 0.2) is 6.10 Å². The second-order valence-corrected chi connectivity index (χ2v) is 15.2. The Morgan fingerprint density at radius 3 is 1.54 bits per heavy atom. The Hall–Kier alpha value is -3.08. The van der Waals surface area contributed by atoms with E-state index in [9.17, 15) is 23.8 Å². The fourth-order valence-electron chi connectivity index (χ4n) is 5.14. The molecular weight excluding hydrogens is 733 g/mol. The van der Waals surface area contributed by atoms with Crippen LogP contribution in [0.1, 0.15) is 155 Å². The number of nitrogens with two attached hydrogens (primary N) is 1. The maximum absolute atomic E-state index is 12.6. The highest BCUT2D eigenvalue weighted by molar-refractivity contribution is 7.47. The molecular formula is C44H74NO10P. The normalized spacial score (nSPS) is 14.5. The zero-order chi connectivity index (χ0) is 41.4. The molecule has 0 aliphatic heterocycles.